The Morgan fingerprint density at radius 3 is 2.77 bits per heavy atom. The van der Waals surface area contributed by atoms with Gasteiger partial charge in [0.05, 0.1) is 25.9 Å². The van der Waals surface area contributed by atoms with Crippen LogP contribution in [-0.4, -0.2) is 12.1 Å². The molecule has 0 spiro atoms. The van der Waals surface area contributed by atoms with Crippen LogP contribution in [0.25, 0.3) is 11.0 Å². The SMILES string of the molecule is COc1ccc2oc([C@H](C)NCc3cnc(C)o3)c(C)c2c1. The van der Waals surface area contributed by atoms with Crippen molar-refractivity contribution in [3.05, 3.63) is 47.4 Å². The Labute approximate surface area is 129 Å². The minimum absolute atomic E-state index is 0.0730. The number of ether oxygens (including phenoxy) is 1. The van der Waals surface area contributed by atoms with Crippen molar-refractivity contribution >= 4 is 11.0 Å². The number of fused-ring (bicyclic) bond motifs is 1. The summed E-state index contributed by atoms with van der Waals surface area (Å²) in [4.78, 5) is 4.09. The van der Waals surface area contributed by atoms with Gasteiger partial charge >= 0.3 is 0 Å². The number of furan rings is 1. The van der Waals surface area contributed by atoms with Gasteiger partial charge in [0, 0.05) is 17.9 Å². The first-order valence-corrected chi connectivity index (χ1v) is 7.30. The van der Waals surface area contributed by atoms with E-state index in [1.165, 1.54) is 0 Å². The van der Waals surface area contributed by atoms with Crippen molar-refractivity contribution in [2.45, 2.75) is 33.4 Å². The summed E-state index contributed by atoms with van der Waals surface area (Å²) < 4.78 is 16.7. The lowest BCUT2D eigenvalue weighted by molar-refractivity contribution is 0.407. The molecule has 0 saturated carbocycles. The third-order valence-corrected chi connectivity index (χ3v) is 3.83. The normalized spacial score (nSPS) is 12.7. The lowest BCUT2D eigenvalue weighted by atomic mass is 10.1. The van der Waals surface area contributed by atoms with Crippen LogP contribution < -0.4 is 10.1 Å². The molecule has 0 radical (unpaired) electrons. The van der Waals surface area contributed by atoms with Crippen LogP contribution >= 0.6 is 0 Å². The minimum Gasteiger partial charge on any atom is -0.497 e. The first kappa shape index (κ1) is 14.7. The Balaban J connectivity index is 1.81. The van der Waals surface area contributed by atoms with E-state index in [2.05, 4.69) is 24.1 Å². The molecule has 116 valence electrons. The zero-order valence-corrected chi connectivity index (χ0v) is 13.3. The van der Waals surface area contributed by atoms with E-state index in [4.69, 9.17) is 13.6 Å². The molecule has 0 aliphatic carbocycles. The summed E-state index contributed by atoms with van der Waals surface area (Å²) in [7, 11) is 1.67. The highest BCUT2D eigenvalue weighted by molar-refractivity contribution is 5.83. The Morgan fingerprint density at radius 2 is 2.09 bits per heavy atom. The van der Waals surface area contributed by atoms with Crippen molar-refractivity contribution in [3.8, 4) is 5.75 Å². The highest BCUT2D eigenvalue weighted by atomic mass is 16.5. The summed E-state index contributed by atoms with van der Waals surface area (Å²) in [6, 6.07) is 5.93. The van der Waals surface area contributed by atoms with Crippen LogP contribution in [0.1, 0.15) is 35.9 Å². The Hall–Kier alpha value is -2.27. The quantitative estimate of drug-likeness (QED) is 0.774. The molecule has 22 heavy (non-hydrogen) atoms. The van der Waals surface area contributed by atoms with E-state index in [1.54, 1.807) is 13.3 Å². The number of hydrogen-bond acceptors (Lipinski definition) is 5. The summed E-state index contributed by atoms with van der Waals surface area (Å²) in [5, 5.41) is 4.48. The molecule has 0 bridgehead atoms. The van der Waals surface area contributed by atoms with Gasteiger partial charge in [-0.2, -0.15) is 0 Å². The maximum Gasteiger partial charge on any atom is 0.191 e. The molecule has 5 nitrogen and oxygen atoms in total. The highest BCUT2D eigenvalue weighted by Crippen LogP contribution is 2.31. The molecule has 1 atom stereocenters. The van der Waals surface area contributed by atoms with Crippen LogP contribution in [0.4, 0.5) is 0 Å². The Kier molecular flexibility index (Phi) is 3.90. The van der Waals surface area contributed by atoms with Gasteiger partial charge in [-0.3, -0.25) is 0 Å². The summed E-state index contributed by atoms with van der Waals surface area (Å²) in [5.41, 5.74) is 2.00. The fourth-order valence-corrected chi connectivity index (χ4v) is 2.59. The molecule has 2 heterocycles. The molecule has 3 rings (SSSR count). The van der Waals surface area contributed by atoms with Crippen LogP contribution in [0.15, 0.2) is 33.2 Å². The summed E-state index contributed by atoms with van der Waals surface area (Å²) in [6.07, 6.45) is 1.74. The molecular formula is C17H20N2O3. The van der Waals surface area contributed by atoms with Crippen LogP contribution in [0.2, 0.25) is 0 Å². The molecule has 3 aromatic rings. The number of aryl methyl sites for hydroxylation is 2. The number of nitrogens with one attached hydrogen (secondary N) is 1. The topological polar surface area (TPSA) is 60.4 Å². The summed E-state index contributed by atoms with van der Waals surface area (Å²) in [5.74, 6) is 3.26. The van der Waals surface area contributed by atoms with Gasteiger partial charge < -0.3 is 18.9 Å². The molecule has 0 unspecified atom stereocenters. The van der Waals surface area contributed by atoms with Gasteiger partial charge in [0.1, 0.15) is 22.9 Å². The van der Waals surface area contributed by atoms with Crippen LogP contribution in [-0.2, 0) is 6.54 Å². The lowest BCUT2D eigenvalue weighted by Gasteiger charge is -2.10. The van der Waals surface area contributed by atoms with Gasteiger partial charge in [0.25, 0.3) is 0 Å². The fraction of sp³-hybridized carbons (Fsp3) is 0.353. The molecule has 0 fully saturated rings. The molecule has 0 saturated heterocycles. The maximum absolute atomic E-state index is 5.99. The standard InChI is InChI=1S/C17H20N2O3/c1-10-15-7-13(20-4)5-6-16(15)22-17(10)11(2)18-8-14-9-19-12(3)21-14/h5-7,9,11,18H,8H2,1-4H3/t11-/m0/s1. The first-order chi connectivity index (χ1) is 10.6. The number of benzene rings is 1. The largest absolute Gasteiger partial charge is 0.497 e. The second-order valence-corrected chi connectivity index (χ2v) is 5.40. The van der Waals surface area contributed by atoms with Crippen LogP contribution in [0.5, 0.6) is 5.75 Å². The van der Waals surface area contributed by atoms with Crippen molar-refractivity contribution in [1.82, 2.24) is 10.3 Å². The number of hydrogen-bond donors (Lipinski definition) is 1. The van der Waals surface area contributed by atoms with Gasteiger partial charge in [-0.15, -0.1) is 0 Å². The molecule has 1 aromatic carbocycles. The molecular weight excluding hydrogens is 280 g/mol. The van der Waals surface area contributed by atoms with E-state index in [-0.39, 0.29) is 6.04 Å². The van der Waals surface area contributed by atoms with Crippen LogP contribution in [0, 0.1) is 13.8 Å². The Morgan fingerprint density at radius 1 is 1.27 bits per heavy atom. The average Bonchev–Trinajstić information content (AvgIpc) is 3.08. The summed E-state index contributed by atoms with van der Waals surface area (Å²) in [6.45, 7) is 6.59. The zero-order valence-electron chi connectivity index (χ0n) is 13.3. The van der Waals surface area contributed by atoms with Crippen molar-refractivity contribution in [3.63, 3.8) is 0 Å². The predicted octanol–water partition coefficient (Wildman–Crippen LogP) is 3.90. The van der Waals surface area contributed by atoms with E-state index in [9.17, 15) is 0 Å². The molecule has 5 heteroatoms. The number of aromatic nitrogens is 1. The minimum atomic E-state index is 0.0730. The highest BCUT2D eigenvalue weighted by Gasteiger charge is 2.17. The Bertz CT molecular complexity index is 788. The number of nitrogens with zero attached hydrogens (tertiary/aromatic N) is 1. The smallest absolute Gasteiger partial charge is 0.191 e. The van der Waals surface area contributed by atoms with Gasteiger partial charge in [-0.1, -0.05) is 0 Å². The lowest BCUT2D eigenvalue weighted by Crippen LogP contribution is -2.17. The van der Waals surface area contributed by atoms with E-state index in [1.807, 2.05) is 25.1 Å². The van der Waals surface area contributed by atoms with E-state index >= 15 is 0 Å². The average molecular weight is 300 g/mol. The molecule has 2 aromatic heterocycles. The first-order valence-electron chi connectivity index (χ1n) is 7.30. The second-order valence-electron chi connectivity index (χ2n) is 5.40. The number of methoxy groups -OCH3 is 1. The fourth-order valence-electron chi connectivity index (χ4n) is 2.59. The molecule has 0 amide bonds. The number of rotatable bonds is 5. The van der Waals surface area contributed by atoms with Crippen molar-refractivity contribution in [1.29, 1.82) is 0 Å². The van der Waals surface area contributed by atoms with Gasteiger partial charge in [0.2, 0.25) is 0 Å². The van der Waals surface area contributed by atoms with Crippen LogP contribution in [0.3, 0.4) is 0 Å². The van der Waals surface area contributed by atoms with Crippen molar-refractivity contribution in [2.75, 3.05) is 7.11 Å². The van der Waals surface area contributed by atoms with Crippen molar-refractivity contribution < 1.29 is 13.6 Å². The predicted molar refractivity (Wildman–Crippen MR) is 84.0 cm³/mol. The van der Waals surface area contributed by atoms with Crippen molar-refractivity contribution in [2.24, 2.45) is 0 Å². The monoisotopic (exact) mass is 300 g/mol. The second kappa shape index (κ2) is 5.85. The molecule has 0 aliphatic rings. The maximum atomic E-state index is 5.99. The zero-order chi connectivity index (χ0) is 15.7. The van der Waals surface area contributed by atoms with E-state index in [0.717, 1.165) is 33.8 Å². The van der Waals surface area contributed by atoms with Gasteiger partial charge in [-0.25, -0.2) is 4.98 Å². The number of oxazole rings is 1. The third kappa shape index (κ3) is 2.72. The van der Waals surface area contributed by atoms with E-state index < -0.39 is 0 Å². The van der Waals surface area contributed by atoms with Gasteiger partial charge in [-0.05, 0) is 32.0 Å². The van der Waals surface area contributed by atoms with E-state index in [0.29, 0.717) is 12.4 Å². The molecule has 0 aliphatic heterocycles. The van der Waals surface area contributed by atoms with Gasteiger partial charge in [0.15, 0.2) is 5.89 Å². The third-order valence-electron chi connectivity index (χ3n) is 3.83. The molecule has 1 N–H and O–H groups in total. The summed E-state index contributed by atoms with van der Waals surface area (Å²) >= 11 is 0.